The predicted octanol–water partition coefficient (Wildman–Crippen LogP) is 2.75. The van der Waals surface area contributed by atoms with E-state index in [1.54, 1.807) is 0 Å². The maximum Gasteiger partial charge on any atom is 0.150 e. The largest absolute Gasteiger partial charge is 0.298 e. The van der Waals surface area contributed by atoms with E-state index in [-0.39, 0.29) is 0 Å². The van der Waals surface area contributed by atoms with E-state index in [1.165, 1.54) is 0 Å². The summed E-state index contributed by atoms with van der Waals surface area (Å²) in [5.41, 5.74) is 2.97. The first-order valence-corrected chi connectivity index (χ1v) is 4.74. The van der Waals surface area contributed by atoms with Crippen molar-refractivity contribution < 1.29 is 4.79 Å². The summed E-state index contributed by atoms with van der Waals surface area (Å²) in [6.45, 7) is 1.99. The Morgan fingerprint density at radius 1 is 1.46 bits per heavy atom. The average molecular weight is 192 g/mol. The van der Waals surface area contributed by atoms with Crippen molar-refractivity contribution in [3.05, 3.63) is 41.0 Å². The maximum absolute atomic E-state index is 10.5. The third-order valence-corrected chi connectivity index (χ3v) is 2.04. The molecule has 1 rings (SSSR count). The second kappa shape index (κ2) is 4.87. The number of thiol groups is 1. The summed E-state index contributed by atoms with van der Waals surface area (Å²) in [5, 5.41) is 0. The summed E-state index contributed by atoms with van der Waals surface area (Å²) in [5.74, 6) is 0.731. The lowest BCUT2D eigenvalue weighted by Gasteiger charge is -2.00. The minimum Gasteiger partial charge on any atom is -0.298 e. The molecule has 0 fully saturated rings. The molecule has 0 spiro atoms. The number of rotatable bonds is 3. The van der Waals surface area contributed by atoms with E-state index in [0.717, 1.165) is 28.7 Å². The van der Waals surface area contributed by atoms with Gasteiger partial charge in [-0.15, -0.1) is 0 Å². The van der Waals surface area contributed by atoms with Crippen LogP contribution in [0, 0.1) is 6.92 Å². The maximum atomic E-state index is 10.5. The SMILES string of the molecule is Cc1cc(C=O)ccc1C=CCS. The summed E-state index contributed by atoms with van der Waals surface area (Å²) in [6, 6.07) is 5.64. The fourth-order valence-electron chi connectivity index (χ4n) is 1.14. The Bertz CT molecular complexity index is 329. The van der Waals surface area contributed by atoms with Gasteiger partial charge in [0.05, 0.1) is 0 Å². The van der Waals surface area contributed by atoms with Gasteiger partial charge in [-0.3, -0.25) is 4.79 Å². The van der Waals surface area contributed by atoms with Gasteiger partial charge in [-0.05, 0) is 24.1 Å². The molecule has 0 aliphatic rings. The third kappa shape index (κ3) is 2.74. The Balaban J connectivity index is 2.98. The first-order chi connectivity index (χ1) is 6.27. The molecule has 0 unspecified atom stereocenters. The van der Waals surface area contributed by atoms with Crippen molar-refractivity contribution in [2.45, 2.75) is 6.92 Å². The molecular weight excluding hydrogens is 180 g/mol. The molecule has 0 amide bonds. The molecular formula is C11H12OS. The van der Waals surface area contributed by atoms with Crippen molar-refractivity contribution in [2.75, 3.05) is 5.75 Å². The monoisotopic (exact) mass is 192 g/mol. The molecule has 0 saturated carbocycles. The molecule has 0 aliphatic heterocycles. The minimum absolute atomic E-state index is 0.723. The van der Waals surface area contributed by atoms with Crippen LogP contribution >= 0.6 is 12.6 Å². The molecule has 0 atom stereocenters. The number of benzene rings is 1. The predicted molar refractivity (Wildman–Crippen MR) is 59.5 cm³/mol. The van der Waals surface area contributed by atoms with Gasteiger partial charge in [0.1, 0.15) is 6.29 Å². The van der Waals surface area contributed by atoms with Crippen molar-refractivity contribution >= 4 is 25.0 Å². The summed E-state index contributed by atoms with van der Waals surface area (Å²) >= 11 is 4.08. The van der Waals surface area contributed by atoms with Crippen LogP contribution in [0.15, 0.2) is 24.3 Å². The van der Waals surface area contributed by atoms with Gasteiger partial charge in [-0.25, -0.2) is 0 Å². The number of aryl methyl sites for hydroxylation is 1. The Kier molecular flexibility index (Phi) is 3.77. The number of carbonyl (C=O) groups excluding carboxylic acids is 1. The highest BCUT2D eigenvalue weighted by molar-refractivity contribution is 7.80. The summed E-state index contributed by atoms with van der Waals surface area (Å²) < 4.78 is 0. The molecule has 0 bridgehead atoms. The van der Waals surface area contributed by atoms with Crippen molar-refractivity contribution in [1.82, 2.24) is 0 Å². The summed E-state index contributed by atoms with van der Waals surface area (Å²) in [6.07, 6.45) is 4.85. The average Bonchev–Trinajstić information content (AvgIpc) is 2.16. The van der Waals surface area contributed by atoms with Crippen LogP contribution < -0.4 is 0 Å². The fraction of sp³-hybridized carbons (Fsp3) is 0.182. The van der Waals surface area contributed by atoms with Gasteiger partial charge in [-0.2, -0.15) is 12.6 Å². The molecule has 1 nitrogen and oxygen atoms in total. The molecule has 1 aromatic rings. The van der Waals surface area contributed by atoms with Gasteiger partial charge in [0, 0.05) is 11.3 Å². The summed E-state index contributed by atoms with van der Waals surface area (Å²) in [7, 11) is 0. The Morgan fingerprint density at radius 3 is 2.77 bits per heavy atom. The third-order valence-electron chi connectivity index (χ3n) is 1.83. The Morgan fingerprint density at radius 2 is 2.23 bits per heavy atom. The van der Waals surface area contributed by atoms with Crippen molar-refractivity contribution in [2.24, 2.45) is 0 Å². The first kappa shape index (κ1) is 10.1. The first-order valence-electron chi connectivity index (χ1n) is 4.11. The zero-order valence-electron chi connectivity index (χ0n) is 7.53. The minimum atomic E-state index is 0.723. The fourth-order valence-corrected chi connectivity index (χ4v) is 1.24. The highest BCUT2D eigenvalue weighted by Crippen LogP contribution is 2.11. The second-order valence-electron chi connectivity index (χ2n) is 2.82. The molecule has 0 N–H and O–H groups in total. The van der Waals surface area contributed by atoms with Gasteiger partial charge < -0.3 is 0 Å². The van der Waals surface area contributed by atoms with E-state index in [4.69, 9.17) is 0 Å². The molecule has 68 valence electrons. The Labute approximate surface area is 83.9 Å². The van der Waals surface area contributed by atoms with E-state index in [1.807, 2.05) is 37.3 Å². The van der Waals surface area contributed by atoms with Crippen LogP contribution in [0.25, 0.3) is 6.08 Å². The van der Waals surface area contributed by atoms with Gasteiger partial charge in [0.25, 0.3) is 0 Å². The number of hydrogen-bond acceptors (Lipinski definition) is 2. The molecule has 0 aromatic heterocycles. The van der Waals surface area contributed by atoms with Gasteiger partial charge in [-0.1, -0.05) is 24.3 Å². The normalized spacial score (nSPS) is 10.6. The van der Waals surface area contributed by atoms with Crippen LogP contribution in [0.4, 0.5) is 0 Å². The van der Waals surface area contributed by atoms with Crippen molar-refractivity contribution in [3.8, 4) is 0 Å². The smallest absolute Gasteiger partial charge is 0.150 e. The number of aldehydes is 1. The standard InChI is InChI=1S/C11H12OS/c1-9-7-10(8-12)4-5-11(9)3-2-6-13/h2-5,7-8,13H,6H2,1H3. The topological polar surface area (TPSA) is 17.1 Å². The van der Waals surface area contributed by atoms with E-state index >= 15 is 0 Å². The highest BCUT2D eigenvalue weighted by Gasteiger charge is 1.95. The van der Waals surface area contributed by atoms with Crippen LogP contribution in [0.1, 0.15) is 21.5 Å². The van der Waals surface area contributed by atoms with Crippen molar-refractivity contribution in [3.63, 3.8) is 0 Å². The zero-order valence-corrected chi connectivity index (χ0v) is 8.42. The lowest BCUT2D eigenvalue weighted by Crippen LogP contribution is -1.85. The number of hydrogen-bond donors (Lipinski definition) is 1. The van der Waals surface area contributed by atoms with Crippen LogP contribution in [0.3, 0.4) is 0 Å². The zero-order chi connectivity index (χ0) is 9.68. The second-order valence-corrected chi connectivity index (χ2v) is 3.18. The van der Waals surface area contributed by atoms with Gasteiger partial charge in [0.2, 0.25) is 0 Å². The van der Waals surface area contributed by atoms with E-state index in [0.29, 0.717) is 0 Å². The van der Waals surface area contributed by atoms with Crippen molar-refractivity contribution in [1.29, 1.82) is 0 Å². The van der Waals surface area contributed by atoms with E-state index in [9.17, 15) is 4.79 Å². The highest BCUT2D eigenvalue weighted by atomic mass is 32.1. The molecule has 0 aliphatic carbocycles. The van der Waals surface area contributed by atoms with Crippen LogP contribution in [-0.4, -0.2) is 12.0 Å². The number of carbonyl (C=O) groups is 1. The van der Waals surface area contributed by atoms with Crippen LogP contribution in [0.2, 0.25) is 0 Å². The molecule has 2 heteroatoms. The molecule has 0 heterocycles. The van der Waals surface area contributed by atoms with E-state index in [2.05, 4.69) is 12.6 Å². The van der Waals surface area contributed by atoms with Crippen LogP contribution in [-0.2, 0) is 0 Å². The quantitative estimate of drug-likeness (QED) is 0.575. The Hall–Kier alpha value is -1.02. The van der Waals surface area contributed by atoms with E-state index < -0.39 is 0 Å². The van der Waals surface area contributed by atoms with Gasteiger partial charge >= 0.3 is 0 Å². The summed E-state index contributed by atoms with van der Waals surface area (Å²) in [4.78, 5) is 10.5. The van der Waals surface area contributed by atoms with Gasteiger partial charge in [0.15, 0.2) is 0 Å². The van der Waals surface area contributed by atoms with Crippen LogP contribution in [0.5, 0.6) is 0 Å². The molecule has 0 saturated heterocycles. The molecule has 0 radical (unpaired) electrons. The molecule has 1 aromatic carbocycles. The lowest BCUT2D eigenvalue weighted by molar-refractivity contribution is 0.112. The molecule has 13 heavy (non-hydrogen) atoms. The lowest BCUT2D eigenvalue weighted by atomic mass is 10.1.